The molecule has 0 aliphatic rings. The first-order valence-electron chi connectivity index (χ1n) is 9.85. The summed E-state index contributed by atoms with van der Waals surface area (Å²) >= 11 is 0. The van der Waals surface area contributed by atoms with Gasteiger partial charge in [0.05, 0.1) is 12.7 Å². The van der Waals surface area contributed by atoms with Gasteiger partial charge in [0, 0.05) is 33.4 Å². The Morgan fingerprint density at radius 3 is 2.46 bits per heavy atom. The number of guanidine groups is 1. The molecule has 0 aliphatic carbocycles. The van der Waals surface area contributed by atoms with Crippen molar-refractivity contribution >= 4 is 5.96 Å². The number of rotatable bonds is 13. The fourth-order valence-electron chi connectivity index (χ4n) is 2.68. The van der Waals surface area contributed by atoms with E-state index in [0.29, 0.717) is 18.6 Å². The number of hydrogen-bond acceptors (Lipinski definition) is 3. The van der Waals surface area contributed by atoms with Crippen LogP contribution in [0.2, 0.25) is 0 Å². The number of ether oxygens (including phenoxy) is 2. The van der Waals surface area contributed by atoms with Crippen LogP contribution in [-0.2, 0) is 16.1 Å². The number of benzene rings is 1. The van der Waals surface area contributed by atoms with Gasteiger partial charge in [0.25, 0.3) is 0 Å². The fraction of sp³-hybridized carbons (Fsp3) is 0.667. The molecule has 5 nitrogen and oxygen atoms in total. The van der Waals surface area contributed by atoms with Crippen molar-refractivity contribution in [2.45, 2.75) is 52.7 Å². The Kier molecular flexibility index (Phi) is 12.6. The molecule has 0 saturated heterocycles. The second-order valence-electron chi connectivity index (χ2n) is 6.70. The standard InChI is InChI=1S/C21H37N3O2/c1-5-26-20(18(2)3)13-15-24-21(22-4)23-14-9-10-16-25-17-19-11-7-6-8-12-19/h6-8,11-12,18,20H,5,9-10,13-17H2,1-4H3,(H2,22,23,24). The van der Waals surface area contributed by atoms with Gasteiger partial charge in [0.15, 0.2) is 5.96 Å². The van der Waals surface area contributed by atoms with Gasteiger partial charge in [0.2, 0.25) is 0 Å². The number of aliphatic imine (C=N–C) groups is 1. The Morgan fingerprint density at radius 1 is 1.08 bits per heavy atom. The summed E-state index contributed by atoms with van der Waals surface area (Å²) in [5.74, 6) is 1.39. The van der Waals surface area contributed by atoms with Gasteiger partial charge in [-0.05, 0) is 37.7 Å². The zero-order chi connectivity index (χ0) is 19.0. The van der Waals surface area contributed by atoms with E-state index < -0.39 is 0 Å². The summed E-state index contributed by atoms with van der Waals surface area (Å²) in [5.41, 5.74) is 1.22. The number of nitrogens with zero attached hydrogens (tertiary/aromatic N) is 1. The molecule has 0 spiro atoms. The maximum Gasteiger partial charge on any atom is 0.190 e. The predicted molar refractivity (Wildman–Crippen MR) is 110 cm³/mol. The van der Waals surface area contributed by atoms with Gasteiger partial charge in [-0.3, -0.25) is 4.99 Å². The Morgan fingerprint density at radius 2 is 1.81 bits per heavy atom. The van der Waals surface area contributed by atoms with Crippen LogP contribution >= 0.6 is 0 Å². The lowest BCUT2D eigenvalue weighted by Gasteiger charge is -2.21. The van der Waals surface area contributed by atoms with E-state index in [1.165, 1.54) is 5.56 Å². The van der Waals surface area contributed by atoms with Crippen LogP contribution in [0.3, 0.4) is 0 Å². The monoisotopic (exact) mass is 363 g/mol. The summed E-state index contributed by atoms with van der Waals surface area (Å²) in [6.07, 6.45) is 3.38. The molecule has 148 valence electrons. The van der Waals surface area contributed by atoms with Crippen molar-refractivity contribution < 1.29 is 9.47 Å². The molecular weight excluding hydrogens is 326 g/mol. The Hall–Kier alpha value is -1.59. The molecule has 5 heteroatoms. The van der Waals surface area contributed by atoms with Crippen molar-refractivity contribution in [3.8, 4) is 0 Å². The molecule has 1 rings (SSSR count). The first-order chi connectivity index (χ1) is 12.7. The normalized spacial score (nSPS) is 13.0. The van der Waals surface area contributed by atoms with E-state index in [2.05, 4.69) is 41.6 Å². The lowest BCUT2D eigenvalue weighted by molar-refractivity contribution is 0.0258. The van der Waals surface area contributed by atoms with Gasteiger partial charge < -0.3 is 20.1 Å². The van der Waals surface area contributed by atoms with E-state index in [1.54, 1.807) is 7.05 Å². The summed E-state index contributed by atoms with van der Waals surface area (Å²) in [7, 11) is 1.81. The number of hydrogen-bond donors (Lipinski definition) is 2. The van der Waals surface area contributed by atoms with Gasteiger partial charge in [-0.1, -0.05) is 44.2 Å². The second-order valence-corrected chi connectivity index (χ2v) is 6.70. The third kappa shape index (κ3) is 10.4. The zero-order valence-corrected chi connectivity index (χ0v) is 17.0. The SMILES string of the molecule is CCOC(CCNC(=NC)NCCCCOCc1ccccc1)C(C)C. The highest BCUT2D eigenvalue weighted by Gasteiger charge is 2.12. The quantitative estimate of drug-likeness (QED) is 0.319. The average molecular weight is 364 g/mol. The van der Waals surface area contributed by atoms with Crippen molar-refractivity contribution in [3.63, 3.8) is 0 Å². The number of unbranched alkanes of at least 4 members (excludes halogenated alkanes) is 1. The van der Waals surface area contributed by atoms with E-state index >= 15 is 0 Å². The molecule has 2 N–H and O–H groups in total. The van der Waals surface area contributed by atoms with E-state index in [1.807, 2.05) is 25.1 Å². The molecule has 1 unspecified atom stereocenters. The second kappa shape index (κ2) is 14.6. The summed E-state index contributed by atoms with van der Waals surface area (Å²) in [6.45, 7) is 10.5. The molecule has 0 radical (unpaired) electrons. The third-order valence-electron chi connectivity index (χ3n) is 4.19. The lowest BCUT2D eigenvalue weighted by Crippen LogP contribution is -2.39. The van der Waals surface area contributed by atoms with Crippen LogP contribution < -0.4 is 10.6 Å². The topological polar surface area (TPSA) is 54.9 Å². The molecule has 0 aromatic heterocycles. The minimum Gasteiger partial charge on any atom is -0.378 e. The first-order valence-corrected chi connectivity index (χ1v) is 9.85. The third-order valence-corrected chi connectivity index (χ3v) is 4.19. The Balaban J connectivity index is 2.05. The van der Waals surface area contributed by atoms with E-state index in [0.717, 1.165) is 51.5 Å². The minimum atomic E-state index is 0.298. The average Bonchev–Trinajstić information content (AvgIpc) is 2.65. The molecular formula is C21H37N3O2. The molecule has 0 amide bonds. The molecule has 0 saturated carbocycles. The maximum atomic E-state index is 5.77. The van der Waals surface area contributed by atoms with Crippen molar-refractivity contribution in [2.24, 2.45) is 10.9 Å². The van der Waals surface area contributed by atoms with Crippen molar-refractivity contribution in [2.75, 3.05) is 33.4 Å². The fourth-order valence-corrected chi connectivity index (χ4v) is 2.68. The Labute approximate surface area is 159 Å². The van der Waals surface area contributed by atoms with Crippen LogP contribution in [0.1, 0.15) is 45.6 Å². The largest absolute Gasteiger partial charge is 0.378 e. The molecule has 1 atom stereocenters. The van der Waals surface area contributed by atoms with Crippen molar-refractivity contribution in [1.29, 1.82) is 0 Å². The predicted octanol–water partition coefficient (Wildman–Crippen LogP) is 3.60. The Bertz CT molecular complexity index is 477. The van der Waals surface area contributed by atoms with Crippen molar-refractivity contribution in [1.82, 2.24) is 10.6 Å². The van der Waals surface area contributed by atoms with Crippen LogP contribution in [0.5, 0.6) is 0 Å². The lowest BCUT2D eigenvalue weighted by atomic mass is 10.0. The van der Waals surface area contributed by atoms with Gasteiger partial charge in [-0.25, -0.2) is 0 Å². The maximum absolute atomic E-state index is 5.77. The molecule has 0 bridgehead atoms. The molecule has 1 aromatic carbocycles. The highest BCUT2D eigenvalue weighted by molar-refractivity contribution is 5.79. The molecule has 0 fully saturated rings. The van der Waals surface area contributed by atoms with Crippen LogP contribution in [0.25, 0.3) is 0 Å². The summed E-state index contributed by atoms with van der Waals surface area (Å²) < 4.78 is 11.5. The van der Waals surface area contributed by atoms with Crippen LogP contribution in [-0.4, -0.2) is 45.4 Å². The van der Waals surface area contributed by atoms with E-state index in [-0.39, 0.29) is 0 Å². The summed E-state index contributed by atoms with van der Waals surface area (Å²) in [4.78, 5) is 4.27. The minimum absolute atomic E-state index is 0.298. The zero-order valence-electron chi connectivity index (χ0n) is 17.0. The highest BCUT2D eigenvalue weighted by Crippen LogP contribution is 2.09. The van der Waals surface area contributed by atoms with Crippen LogP contribution in [0.4, 0.5) is 0 Å². The summed E-state index contributed by atoms with van der Waals surface area (Å²) in [5, 5.41) is 6.72. The van der Waals surface area contributed by atoms with Gasteiger partial charge in [0.1, 0.15) is 0 Å². The van der Waals surface area contributed by atoms with Gasteiger partial charge >= 0.3 is 0 Å². The van der Waals surface area contributed by atoms with Crippen LogP contribution in [0, 0.1) is 5.92 Å². The van der Waals surface area contributed by atoms with Gasteiger partial charge in [-0.2, -0.15) is 0 Å². The highest BCUT2D eigenvalue weighted by atomic mass is 16.5. The van der Waals surface area contributed by atoms with Crippen molar-refractivity contribution in [3.05, 3.63) is 35.9 Å². The first kappa shape index (κ1) is 22.5. The molecule has 1 aromatic rings. The van der Waals surface area contributed by atoms with E-state index in [9.17, 15) is 0 Å². The summed E-state index contributed by atoms with van der Waals surface area (Å²) in [6, 6.07) is 10.3. The molecule has 0 heterocycles. The molecule has 26 heavy (non-hydrogen) atoms. The van der Waals surface area contributed by atoms with Gasteiger partial charge in [-0.15, -0.1) is 0 Å². The van der Waals surface area contributed by atoms with Crippen LogP contribution in [0.15, 0.2) is 35.3 Å². The number of nitrogens with one attached hydrogen (secondary N) is 2. The smallest absolute Gasteiger partial charge is 0.190 e. The molecule has 0 aliphatic heterocycles. The van der Waals surface area contributed by atoms with E-state index in [4.69, 9.17) is 9.47 Å².